The number of carboxylic acids is 1. The molecule has 366 valence electrons. The molecule has 3 aliphatic heterocycles. The Morgan fingerprint density at radius 3 is 2.06 bits per heavy atom. The van der Waals surface area contributed by atoms with E-state index < -0.39 is 116 Å². The van der Waals surface area contributed by atoms with E-state index in [1.165, 1.54) is 12.5 Å². The van der Waals surface area contributed by atoms with E-state index in [0.717, 1.165) is 44.9 Å². The van der Waals surface area contributed by atoms with Crippen molar-refractivity contribution in [2.75, 3.05) is 13.2 Å². The van der Waals surface area contributed by atoms with Crippen molar-refractivity contribution < 1.29 is 84.3 Å². The predicted molar refractivity (Wildman–Crippen MR) is 225 cm³/mol. The Morgan fingerprint density at radius 1 is 0.719 bits per heavy atom. The number of aliphatic hydroxyl groups is 9. The van der Waals surface area contributed by atoms with E-state index in [2.05, 4.69) is 54.5 Å². The van der Waals surface area contributed by atoms with Gasteiger partial charge in [0.2, 0.25) is 0 Å². The second-order valence-electron chi connectivity index (χ2n) is 23.2. The molecule has 0 aromatic carbocycles. The fraction of sp³-hybridized carbons (Fsp3) is 0.936. The predicted octanol–water partition coefficient (Wildman–Crippen LogP) is 1.34. The number of aliphatic hydroxyl groups excluding tert-OH is 9. The van der Waals surface area contributed by atoms with Crippen LogP contribution in [0.2, 0.25) is 0 Å². The minimum absolute atomic E-state index is 0.0161. The normalized spacial score (nSPS) is 54.6. The number of carboxylic acid groups (broad SMARTS) is 1. The summed E-state index contributed by atoms with van der Waals surface area (Å²) in [5.74, 6) is -1.19. The molecule has 0 unspecified atom stereocenters. The van der Waals surface area contributed by atoms with Gasteiger partial charge in [0.05, 0.1) is 24.9 Å². The number of rotatable bonds is 8. The highest BCUT2D eigenvalue weighted by atomic mass is 16.8. The summed E-state index contributed by atoms with van der Waals surface area (Å²) in [6.45, 7) is 16.8. The zero-order valence-corrected chi connectivity index (χ0v) is 38.7. The average Bonchev–Trinajstić information content (AvgIpc) is 3.22. The van der Waals surface area contributed by atoms with Gasteiger partial charge in [0.1, 0.15) is 54.9 Å². The van der Waals surface area contributed by atoms with Gasteiger partial charge in [-0.15, -0.1) is 0 Å². The molecule has 64 heavy (non-hydrogen) atoms. The van der Waals surface area contributed by atoms with E-state index in [1.54, 1.807) is 0 Å². The molecular weight excluding hydrogens is 837 g/mol. The van der Waals surface area contributed by atoms with Crippen LogP contribution in [-0.4, -0.2) is 168 Å². The molecule has 8 aliphatic rings. The van der Waals surface area contributed by atoms with Gasteiger partial charge < -0.3 is 79.5 Å². The topological polar surface area (TPSA) is 275 Å². The zero-order valence-electron chi connectivity index (χ0n) is 38.7. The highest BCUT2D eigenvalue weighted by Crippen LogP contribution is 2.76. The zero-order chi connectivity index (χ0) is 46.9. The SMILES string of the molecule is C[C@@H]1O[C@@H](O[C@H]2[C@H](O[C@H]3[C@H](O[C@H]4CC[C@@]5(CO)[C@H](CC[C@]6(C)[C@H]5CC=C5[C@@H]7CC(C)(C)C[C@@H](O)[C@]7(C)CC[C@]56C)C4(C)C)O[C@H](C(=O)O)[C@@H](O)[C@@H]3O)OC[C@@H](O)[C@@H]2O)[C@H](O)[C@H](O)[C@H]1O. The average molecular weight is 913 g/mol. The lowest BCUT2D eigenvalue weighted by atomic mass is 9.33. The molecule has 17 nitrogen and oxygen atoms in total. The van der Waals surface area contributed by atoms with Crippen LogP contribution in [-0.2, 0) is 33.2 Å². The summed E-state index contributed by atoms with van der Waals surface area (Å²) in [6, 6.07) is 0. The first-order valence-corrected chi connectivity index (χ1v) is 23.7. The molecule has 0 spiro atoms. The van der Waals surface area contributed by atoms with Crippen LogP contribution in [0.1, 0.15) is 113 Å². The highest BCUT2D eigenvalue weighted by Gasteiger charge is 2.70. The molecule has 17 heteroatoms. The third-order valence-corrected chi connectivity index (χ3v) is 19.0. The van der Waals surface area contributed by atoms with Crippen molar-refractivity contribution in [2.45, 2.75) is 211 Å². The van der Waals surface area contributed by atoms with E-state index in [0.29, 0.717) is 12.8 Å². The van der Waals surface area contributed by atoms with E-state index in [1.807, 2.05) is 0 Å². The monoisotopic (exact) mass is 913 g/mol. The number of aliphatic carboxylic acids is 1. The Hall–Kier alpha value is -1.39. The number of fused-ring (bicyclic) bond motifs is 7. The van der Waals surface area contributed by atoms with Crippen LogP contribution in [0.25, 0.3) is 0 Å². The van der Waals surface area contributed by atoms with Gasteiger partial charge in [-0.3, -0.25) is 0 Å². The van der Waals surface area contributed by atoms with Crippen LogP contribution >= 0.6 is 0 Å². The van der Waals surface area contributed by atoms with Gasteiger partial charge in [-0.2, -0.15) is 0 Å². The maximum absolute atomic E-state index is 12.4. The molecule has 3 saturated heterocycles. The Bertz CT molecular complexity index is 1760. The highest BCUT2D eigenvalue weighted by molar-refractivity contribution is 5.73. The Balaban J connectivity index is 1.06. The van der Waals surface area contributed by atoms with E-state index in [-0.39, 0.29) is 52.1 Å². The van der Waals surface area contributed by atoms with E-state index in [9.17, 15) is 55.9 Å². The van der Waals surface area contributed by atoms with Crippen molar-refractivity contribution in [2.24, 2.45) is 50.2 Å². The minimum atomic E-state index is -1.99. The van der Waals surface area contributed by atoms with Crippen molar-refractivity contribution in [3.8, 4) is 0 Å². The summed E-state index contributed by atoms with van der Waals surface area (Å²) >= 11 is 0. The summed E-state index contributed by atoms with van der Waals surface area (Å²) in [5, 5.41) is 109. The Labute approximate surface area is 376 Å². The van der Waals surface area contributed by atoms with Crippen LogP contribution in [0.15, 0.2) is 11.6 Å². The molecule has 10 N–H and O–H groups in total. The first-order valence-electron chi connectivity index (χ1n) is 23.7. The van der Waals surface area contributed by atoms with Crippen LogP contribution < -0.4 is 0 Å². The third kappa shape index (κ3) is 7.49. The maximum atomic E-state index is 12.4. The third-order valence-electron chi connectivity index (χ3n) is 19.0. The van der Waals surface area contributed by atoms with Gasteiger partial charge in [-0.25, -0.2) is 4.79 Å². The molecule has 3 heterocycles. The molecule has 5 aliphatic carbocycles. The fourth-order valence-corrected chi connectivity index (χ4v) is 14.8. The molecule has 0 aromatic rings. The molecular formula is C47H76O17. The number of hydrogen-bond donors (Lipinski definition) is 10. The quantitative estimate of drug-likeness (QED) is 0.122. The van der Waals surface area contributed by atoms with Crippen molar-refractivity contribution in [3.63, 3.8) is 0 Å². The second-order valence-corrected chi connectivity index (χ2v) is 23.2. The Kier molecular flexibility index (Phi) is 13.0. The summed E-state index contributed by atoms with van der Waals surface area (Å²) < 4.78 is 36.1. The van der Waals surface area contributed by atoms with Crippen molar-refractivity contribution in [3.05, 3.63) is 11.6 Å². The standard InChI is InChI=1S/C47H76O17/c1-21-29(51)31(53)34(56)39(60-21)63-36-30(52)24(49)19-59-40(36)64-37-33(55)32(54)35(38(57)58)62-41(37)61-28-12-14-47(20-48)25(43(28,4)5)11-13-46(8)26(47)10-9-22-23-17-42(2,3)18-27(50)44(23,6)15-16-45(22,46)7/h9,21,23-37,39-41,48-56H,10-20H2,1-8H3,(H,57,58)/t21-,23-,24+,25+,26+,27+,28-,29-,30-,31+,32-,33-,34+,35-,36+,37+,39-,40-,41+,44+,45+,46+,47+/m0/s1. The van der Waals surface area contributed by atoms with Crippen molar-refractivity contribution in [1.82, 2.24) is 0 Å². The summed E-state index contributed by atoms with van der Waals surface area (Å²) in [7, 11) is 0. The van der Waals surface area contributed by atoms with Gasteiger partial charge in [0.15, 0.2) is 25.0 Å². The van der Waals surface area contributed by atoms with Crippen molar-refractivity contribution in [1.29, 1.82) is 0 Å². The summed E-state index contributed by atoms with van der Waals surface area (Å²) in [4.78, 5) is 12.4. The number of hydrogen-bond acceptors (Lipinski definition) is 16. The fourth-order valence-electron chi connectivity index (χ4n) is 14.8. The van der Waals surface area contributed by atoms with Gasteiger partial charge in [-0.1, -0.05) is 60.1 Å². The first-order chi connectivity index (χ1) is 29.8. The van der Waals surface area contributed by atoms with Crippen LogP contribution in [0.4, 0.5) is 0 Å². The summed E-state index contributed by atoms with van der Waals surface area (Å²) in [6.07, 6.45) is -14.5. The lowest BCUT2D eigenvalue weighted by Crippen LogP contribution is -2.68. The number of ether oxygens (including phenoxy) is 6. The number of carbonyl (C=O) groups is 1. The molecule has 8 rings (SSSR count). The molecule has 0 amide bonds. The molecule has 0 aromatic heterocycles. The minimum Gasteiger partial charge on any atom is -0.479 e. The maximum Gasteiger partial charge on any atom is 0.335 e. The lowest BCUT2D eigenvalue weighted by Gasteiger charge is -2.72. The van der Waals surface area contributed by atoms with Crippen LogP contribution in [0.3, 0.4) is 0 Å². The van der Waals surface area contributed by atoms with E-state index in [4.69, 9.17) is 28.4 Å². The number of allylic oxidation sites excluding steroid dienone is 2. The molecule has 7 fully saturated rings. The van der Waals surface area contributed by atoms with Gasteiger partial charge in [0, 0.05) is 17.4 Å². The van der Waals surface area contributed by atoms with E-state index >= 15 is 0 Å². The van der Waals surface area contributed by atoms with Gasteiger partial charge >= 0.3 is 5.97 Å². The largest absolute Gasteiger partial charge is 0.479 e. The molecule has 4 saturated carbocycles. The molecule has 0 radical (unpaired) electrons. The van der Waals surface area contributed by atoms with Crippen LogP contribution in [0.5, 0.6) is 0 Å². The second kappa shape index (κ2) is 16.9. The summed E-state index contributed by atoms with van der Waals surface area (Å²) in [5.41, 5.74) is -0.0886. The molecule has 0 bridgehead atoms. The smallest absolute Gasteiger partial charge is 0.335 e. The van der Waals surface area contributed by atoms with Gasteiger partial charge in [-0.05, 0) is 104 Å². The lowest BCUT2D eigenvalue weighted by molar-refractivity contribution is -0.386. The Morgan fingerprint density at radius 2 is 1.39 bits per heavy atom. The first kappa shape index (κ1) is 49.0. The van der Waals surface area contributed by atoms with Gasteiger partial charge in [0.25, 0.3) is 0 Å². The van der Waals surface area contributed by atoms with Crippen molar-refractivity contribution >= 4 is 5.97 Å². The van der Waals surface area contributed by atoms with Crippen LogP contribution in [0, 0.1) is 50.2 Å². The molecule has 23 atom stereocenters.